The minimum atomic E-state index is -0.437. The second-order valence-electron chi connectivity index (χ2n) is 9.25. The van der Waals surface area contributed by atoms with E-state index in [1.807, 2.05) is 0 Å². The van der Waals surface area contributed by atoms with Crippen LogP contribution in [0.4, 0.5) is 0 Å². The summed E-state index contributed by atoms with van der Waals surface area (Å²) in [6.45, 7) is 0.678. The molecule has 3 atom stereocenters. The first-order valence-corrected chi connectivity index (χ1v) is 14.1. The molecule has 0 spiro atoms. The van der Waals surface area contributed by atoms with Crippen LogP contribution in [0.25, 0.3) is 0 Å². The van der Waals surface area contributed by atoms with Gasteiger partial charge < -0.3 is 19.6 Å². The largest absolute Gasteiger partial charge is 2.00 e. The van der Waals surface area contributed by atoms with Gasteiger partial charge >= 0.3 is 17.1 Å². The number of benzene rings is 3. The maximum atomic E-state index is 6.22. The van der Waals surface area contributed by atoms with E-state index in [9.17, 15) is 0 Å². The minimum Gasteiger partial charge on any atom is -0.478 e. The van der Waals surface area contributed by atoms with Gasteiger partial charge in [0.25, 0.3) is 0 Å². The molecule has 2 nitrogen and oxygen atoms in total. The Morgan fingerprint density at radius 3 is 1.73 bits per heavy atom. The first-order valence-electron chi connectivity index (χ1n) is 12.7. The van der Waals surface area contributed by atoms with Crippen LogP contribution in [0.15, 0.2) is 108 Å². The Kier molecular flexibility index (Phi) is 13.4. The van der Waals surface area contributed by atoms with Crippen molar-refractivity contribution in [1.29, 1.82) is 0 Å². The average molecular weight is 554 g/mol. The topological polar surface area (TPSA) is 21.6 Å². The van der Waals surface area contributed by atoms with E-state index in [2.05, 4.69) is 103 Å². The molecule has 1 aliphatic heterocycles. The molecule has 0 bridgehead atoms. The van der Waals surface area contributed by atoms with Gasteiger partial charge in [-0.1, -0.05) is 110 Å². The predicted molar refractivity (Wildman–Crippen MR) is 159 cm³/mol. The van der Waals surface area contributed by atoms with E-state index < -0.39 is 7.92 Å². The Bertz CT molecular complexity index is 1040. The summed E-state index contributed by atoms with van der Waals surface area (Å²) in [5.41, 5.74) is 1.84. The molecule has 1 heterocycles. The fourth-order valence-electron chi connectivity index (χ4n) is 5.28. The second kappa shape index (κ2) is 15.9. The van der Waals surface area contributed by atoms with Gasteiger partial charge in [0.2, 0.25) is 0 Å². The van der Waals surface area contributed by atoms with Crippen molar-refractivity contribution < 1.29 is 21.8 Å². The van der Waals surface area contributed by atoms with Crippen molar-refractivity contribution in [3.05, 3.63) is 124 Å². The number of aliphatic imine (C=N–C) groups is 1. The van der Waals surface area contributed by atoms with Crippen molar-refractivity contribution >= 4 is 24.4 Å². The Hall–Kier alpha value is -2.18. The van der Waals surface area contributed by atoms with Crippen molar-refractivity contribution in [2.24, 2.45) is 10.9 Å². The molecule has 0 aromatic heterocycles. The van der Waals surface area contributed by atoms with Crippen molar-refractivity contribution in [2.45, 2.75) is 50.2 Å². The van der Waals surface area contributed by atoms with Crippen molar-refractivity contribution in [3.8, 4) is 0 Å². The van der Waals surface area contributed by atoms with Crippen LogP contribution >= 0.6 is 7.92 Å². The summed E-state index contributed by atoms with van der Waals surface area (Å²) in [6, 6.07) is 32.8. The quantitative estimate of drug-likeness (QED) is 0.136. The molecule has 37 heavy (non-hydrogen) atoms. The first-order chi connectivity index (χ1) is 16.9. The number of hydrogen-bond acceptors (Lipinski definition) is 2. The molecule has 3 aromatic carbocycles. The summed E-state index contributed by atoms with van der Waals surface area (Å²) >= 11 is 0. The van der Waals surface area contributed by atoms with E-state index >= 15 is 0 Å². The standard InChI is InChI=1S/C26H26NOP.C5H8.2CH3.Fe/c1-4-11-20(12-5-1)24-19-28-26(27-24)23-17-10-18-25(23)29(21-13-6-2-7-14-21)22-15-8-3-9-16-22;1-2-4-5-3-1;;;/h1-9,11-16,23-25H,10,17-19H2;1-2H,3-5H2;2*1H3;/q;;2*-1;+2. The molecule has 1 saturated carbocycles. The van der Waals surface area contributed by atoms with Gasteiger partial charge in [-0.15, -0.1) is 0 Å². The number of allylic oxidation sites excluding steroid dienone is 2. The molecule has 1 fully saturated rings. The molecule has 6 rings (SSSR count). The van der Waals surface area contributed by atoms with Crippen LogP contribution in [0.5, 0.6) is 0 Å². The summed E-state index contributed by atoms with van der Waals surface area (Å²) < 4.78 is 6.22. The zero-order valence-electron chi connectivity index (χ0n) is 22.2. The van der Waals surface area contributed by atoms with Crippen LogP contribution in [0.1, 0.15) is 50.1 Å². The smallest absolute Gasteiger partial charge is 0.478 e. The van der Waals surface area contributed by atoms with Gasteiger partial charge in [0.15, 0.2) is 5.90 Å². The zero-order valence-corrected chi connectivity index (χ0v) is 24.2. The Balaban J connectivity index is 0.000000542. The van der Waals surface area contributed by atoms with E-state index in [1.54, 1.807) is 0 Å². The molecule has 3 aliphatic rings. The van der Waals surface area contributed by atoms with E-state index in [0.29, 0.717) is 18.2 Å². The number of rotatable bonds is 5. The Labute approximate surface area is 236 Å². The van der Waals surface area contributed by atoms with E-state index in [1.165, 1.54) is 54.7 Å². The van der Waals surface area contributed by atoms with Crippen LogP contribution in [0, 0.1) is 20.8 Å². The van der Waals surface area contributed by atoms with Gasteiger partial charge in [0.05, 0.1) is 0 Å². The molecular formula is C33H40FeNOP. The molecular weight excluding hydrogens is 513 g/mol. The van der Waals surface area contributed by atoms with Gasteiger partial charge in [-0.3, -0.25) is 0 Å². The van der Waals surface area contributed by atoms with Gasteiger partial charge in [-0.05, 0) is 61.9 Å². The van der Waals surface area contributed by atoms with Crippen molar-refractivity contribution in [1.82, 2.24) is 0 Å². The van der Waals surface area contributed by atoms with E-state index in [-0.39, 0.29) is 38.0 Å². The predicted octanol–water partition coefficient (Wildman–Crippen LogP) is 8.08. The molecule has 3 aromatic rings. The third-order valence-corrected chi connectivity index (χ3v) is 9.95. The maximum Gasteiger partial charge on any atom is 2.00 e. The zero-order chi connectivity index (χ0) is 23.0. The van der Waals surface area contributed by atoms with E-state index in [4.69, 9.17) is 9.73 Å². The number of ether oxygens (including phenoxy) is 1. The van der Waals surface area contributed by atoms with Gasteiger partial charge in [-0.2, -0.15) is 0 Å². The molecule has 0 N–H and O–H groups in total. The molecule has 2 aliphatic carbocycles. The van der Waals surface area contributed by atoms with Crippen molar-refractivity contribution in [2.75, 3.05) is 6.61 Å². The maximum absolute atomic E-state index is 6.22. The van der Waals surface area contributed by atoms with Crippen molar-refractivity contribution in [3.63, 3.8) is 0 Å². The fraction of sp³-hybridized carbons (Fsp3) is 0.303. The summed E-state index contributed by atoms with van der Waals surface area (Å²) in [4.78, 5) is 5.07. The summed E-state index contributed by atoms with van der Waals surface area (Å²) in [5, 5.41) is 2.92. The molecule has 0 radical (unpaired) electrons. The molecule has 196 valence electrons. The SMILES string of the molecule is C1=CCCC1.[CH3-].[CH3-].[Fe+2].c1ccc(C2COC(C3CCCC3P(c3ccccc3)c3ccccc3)=N2)cc1. The van der Waals surface area contributed by atoms with Crippen LogP contribution < -0.4 is 10.6 Å². The summed E-state index contributed by atoms with van der Waals surface area (Å²) in [5.74, 6) is 1.43. The van der Waals surface area contributed by atoms with Gasteiger partial charge in [0.1, 0.15) is 12.6 Å². The van der Waals surface area contributed by atoms with Crippen LogP contribution in [-0.4, -0.2) is 18.2 Å². The third kappa shape index (κ3) is 7.90. The van der Waals surface area contributed by atoms with Gasteiger partial charge in [-0.25, -0.2) is 4.99 Å². The first kappa shape index (κ1) is 31.0. The molecule has 3 unspecified atom stereocenters. The Morgan fingerprint density at radius 1 is 0.676 bits per heavy atom. The molecule has 4 heteroatoms. The summed E-state index contributed by atoms with van der Waals surface area (Å²) in [6.07, 6.45) is 12.2. The van der Waals surface area contributed by atoms with Crippen LogP contribution in [0.2, 0.25) is 0 Å². The third-order valence-electron chi connectivity index (χ3n) is 6.96. The monoisotopic (exact) mass is 553 g/mol. The van der Waals surface area contributed by atoms with Crippen LogP contribution in [0.3, 0.4) is 0 Å². The Morgan fingerprint density at radius 2 is 1.22 bits per heavy atom. The average Bonchev–Trinajstić information content (AvgIpc) is 3.70. The molecule has 0 amide bonds. The fourth-order valence-corrected chi connectivity index (χ4v) is 8.41. The normalized spacial score (nSPS) is 21.4. The van der Waals surface area contributed by atoms with Crippen LogP contribution in [-0.2, 0) is 21.8 Å². The number of hydrogen-bond donors (Lipinski definition) is 0. The van der Waals surface area contributed by atoms with Gasteiger partial charge in [0, 0.05) is 5.92 Å². The van der Waals surface area contributed by atoms with E-state index in [0.717, 1.165) is 5.90 Å². The summed E-state index contributed by atoms with van der Waals surface area (Å²) in [7, 11) is -0.437. The second-order valence-corrected chi connectivity index (χ2v) is 11.7. The molecule has 0 saturated heterocycles. The number of nitrogens with zero attached hydrogens (tertiary/aromatic N) is 1. The minimum absolute atomic E-state index is 0.